The Bertz CT molecular complexity index is 864. The number of nitrogens with zero attached hydrogens (tertiary/aromatic N) is 5. The minimum Gasteiger partial charge on any atom is -0.355 e. The van der Waals surface area contributed by atoms with E-state index in [1.807, 2.05) is 0 Å². The molecule has 12 heteroatoms. The normalized spacial score (nSPS) is 26.8. The van der Waals surface area contributed by atoms with Gasteiger partial charge in [0, 0.05) is 24.7 Å². The summed E-state index contributed by atoms with van der Waals surface area (Å²) in [6.45, 7) is -0.146. The number of hydrogen-bond acceptors (Lipinski definition) is 6. The molecule has 0 aliphatic carbocycles. The second-order valence-corrected chi connectivity index (χ2v) is 7.58. The third kappa shape index (κ3) is 3.68. The molecule has 3 aliphatic rings. The molecule has 1 N–H and O–H groups in total. The second kappa shape index (κ2) is 7.64. The van der Waals surface area contributed by atoms with Crippen LogP contribution in [0.4, 0.5) is 22.0 Å². The maximum Gasteiger partial charge on any atom is 0.436 e. The third-order valence-corrected chi connectivity index (χ3v) is 5.57. The number of likely N-dealkylation sites (tertiary alicyclic amines) is 1. The number of fused-ring (bicyclic) bond motifs is 1. The summed E-state index contributed by atoms with van der Waals surface area (Å²) in [5.41, 5.74) is -1.97. The standard InChI is InChI=1S/C18H20F5N5O2/c19-11-5-7-26(9-11)16(29)12-2-1-3-13-25-27(17(30)28(12)13)8-10-4-6-24-15(14(10)20)18(21,22)23/h4,6,11-12,17,30H,1-3,5,7-9H2/t11-,12+,17?/m1/s1. The van der Waals surface area contributed by atoms with Gasteiger partial charge in [-0.3, -0.25) is 4.79 Å². The number of hydrazone groups is 1. The fraction of sp³-hybridized carbons (Fsp3) is 0.611. The average Bonchev–Trinajstić information content (AvgIpc) is 3.25. The summed E-state index contributed by atoms with van der Waals surface area (Å²) in [6, 6.07) is 0.332. The minimum atomic E-state index is -4.95. The molecular formula is C18H20F5N5O2. The molecule has 3 atom stereocenters. The van der Waals surface area contributed by atoms with Gasteiger partial charge in [-0.15, -0.1) is 0 Å². The lowest BCUT2D eigenvalue weighted by molar-refractivity contribution is -0.145. The molecule has 1 unspecified atom stereocenters. The molecule has 164 valence electrons. The van der Waals surface area contributed by atoms with Gasteiger partial charge in [-0.1, -0.05) is 0 Å². The van der Waals surface area contributed by atoms with Gasteiger partial charge >= 0.3 is 6.18 Å². The minimum absolute atomic E-state index is 0.00208. The molecule has 1 aromatic rings. The molecule has 3 aliphatic heterocycles. The molecule has 0 aromatic carbocycles. The van der Waals surface area contributed by atoms with Crippen LogP contribution in [-0.2, 0) is 17.5 Å². The van der Waals surface area contributed by atoms with Crippen LogP contribution in [0.2, 0.25) is 0 Å². The van der Waals surface area contributed by atoms with Gasteiger partial charge < -0.3 is 14.9 Å². The van der Waals surface area contributed by atoms with Crippen molar-refractivity contribution >= 4 is 11.7 Å². The number of amidine groups is 1. The molecule has 1 aromatic heterocycles. The van der Waals surface area contributed by atoms with Crippen molar-refractivity contribution in [2.45, 2.75) is 57.0 Å². The van der Waals surface area contributed by atoms with Crippen molar-refractivity contribution in [1.82, 2.24) is 19.8 Å². The van der Waals surface area contributed by atoms with Gasteiger partial charge in [0.05, 0.1) is 13.1 Å². The van der Waals surface area contributed by atoms with Gasteiger partial charge in [-0.25, -0.2) is 18.8 Å². The Morgan fingerprint density at radius 3 is 2.73 bits per heavy atom. The number of aromatic nitrogens is 1. The lowest BCUT2D eigenvalue weighted by atomic mass is 10.0. The quantitative estimate of drug-likeness (QED) is 0.739. The molecule has 1 amide bonds. The van der Waals surface area contributed by atoms with Crippen molar-refractivity contribution in [2.24, 2.45) is 5.10 Å². The molecule has 2 fully saturated rings. The Kier molecular flexibility index (Phi) is 5.28. The number of halogens is 5. The fourth-order valence-electron chi connectivity index (χ4n) is 4.11. The Balaban J connectivity index is 1.53. The highest BCUT2D eigenvalue weighted by atomic mass is 19.4. The first kappa shape index (κ1) is 20.8. The summed E-state index contributed by atoms with van der Waals surface area (Å²) in [4.78, 5) is 18.7. The van der Waals surface area contributed by atoms with Gasteiger partial charge in [-0.05, 0) is 25.3 Å². The van der Waals surface area contributed by atoms with E-state index in [2.05, 4.69) is 10.1 Å². The van der Waals surface area contributed by atoms with Crippen LogP contribution in [0.25, 0.3) is 0 Å². The van der Waals surface area contributed by atoms with Crippen molar-refractivity contribution in [3.05, 3.63) is 29.3 Å². The lowest BCUT2D eigenvalue weighted by Gasteiger charge is -2.38. The number of aliphatic hydroxyl groups excluding tert-OH is 1. The van der Waals surface area contributed by atoms with Crippen LogP contribution >= 0.6 is 0 Å². The number of hydrogen-bond donors (Lipinski definition) is 1. The first-order valence-corrected chi connectivity index (χ1v) is 9.60. The number of alkyl halides is 4. The zero-order chi connectivity index (χ0) is 21.6. The molecule has 0 radical (unpaired) electrons. The Hall–Kier alpha value is -2.50. The Morgan fingerprint density at radius 2 is 2.07 bits per heavy atom. The van der Waals surface area contributed by atoms with Crippen molar-refractivity contribution in [3.63, 3.8) is 0 Å². The van der Waals surface area contributed by atoms with Gasteiger partial charge in [0.25, 0.3) is 0 Å². The van der Waals surface area contributed by atoms with Gasteiger partial charge in [0.15, 0.2) is 11.5 Å². The van der Waals surface area contributed by atoms with E-state index in [9.17, 15) is 31.9 Å². The third-order valence-electron chi connectivity index (χ3n) is 5.57. The smallest absolute Gasteiger partial charge is 0.355 e. The van der Waals surface area contributed by atoms with E-state index in [0.29, 0.717) is 31.6 Å². The average molecular weight is 433 g/mol. The topological polar surface area (TPSA) is 72.3 Å². The van der Waals surface area contributed by atoms with E-state index in [0.717, 1.165) is 17.3 Å². The maximum absolute atomic E-state index is 14.3. The molecule has 7 nitrogen and oxygen atoms in total. The zero-order valence-electron chi connectivity index (χ0n) is 15.8. The number of piperidine rings is 1. The van der Waals surface area contributed by atoms with Crippen LogP contribution in [0.15, 0.2) is 17.4 Å². The van der Waals surface area contributed by atoms with E-state index in [4.69, 9.17) is 0 Å². The van der Waals surface area contributed by atoms with E-state index >= 15 is 0 Å². The summed E-state index contributed by atoms with van der Waals surface area (Å²) < 4.78 is 66.5. The summed E-state index contributed by atoms with van der Waals surface area (Å²) in [7, 11) is 0. The van der Waals surface area contributed by atoms with Gasteiger partial charge in [-0.2, -0.15) is 18.3 Å². The number of pyridine rings is 1. The molecule has 2 saturated heterocycles. The highest BCUT2D eigenvalue weighted by molar-refractivity contribution is 5.92. The van der Waals surface area contributed by atoms with Gasteiger partial charge in [0.1, 0.15) is 18.0 Å². The molecule has 0 bridgehead atoms. The fourth-order valence-corrected chi connectivity index (χ4v) is 4.11. The van der Waals surface area contributed by atoms with Gasteiger partial charge in [0.2, 0.25) is 12.3 Å². The first-order chi connectivity index (χ1) is 14.2. The van der Waals surface area contributed by atoms with E-state index < -0.39 is 42.8 Å². The highest BCUT2D eigenvalue weighted by Crippen LogP contribution is 2.33. The summed E-state index contributed by atoms with van der Waals surface area (Å²) >= 11 is 0. The number of rotatable bonds is 3. The maximum atomic E-state index is 14.3. The van der Waals surface area contributed by atoms with Crippen LogP contribution in [-0.4, -0.2) is 68.3 Å². The molecule has 4 rings (SSSR count). The number of carbonyl (C=O) groups is 1. The molecule has 0 spiro atoms. The molecular weight excluding hydrogens is 413 g/mol. The first-order valence-electron chi connectivity index (χ1n) is 9.60. The molecule has 0 saturated carbocycles. The van der Waals surface area contributed by atoms with Crippen LogP contribution in [0, 0.1) is 5.82 Å². The number of amides is 1. The van der Waals surface area contributed by atoms with Crippen molar-refractivity contribution in [1.29, 1.82) is 0 Å². The van der Waals surface area contributed by atoms with Crippen LogP contribution in [0.1, 0.15) is 36.9 Å². The predicted molar refractivity (Wildman–Crippen MR) is 93.8 cm³/mol. The summed E-state index contributed by atoms with van der Waals surface area (Å²) in [5.74, 6) is -1.45. The van der Waals surface area contributed by atoms with E-state index in [1.54, 1.807) is 0 Å². The van der Waals surface area contributed by atoms with Crippen LogP contribution < -0.4 is 0 Å². The predicted octanol–water partition coefficient (Wildman–Crippen LogP) is 2.07. The Morgan fingerprint density at radius 1 is 1.30 bits per heavy atom. The van der Waals surface area contributed by atoms with Crippen molar-refractivity contribution in [2.75, 3.05) is 13.1 Å². The van der Waals surface area contributed by atoms with Crippen LogP contribution in [0.5, 0.6) is 0 Å². The number of carbonyl (C=O) groups excluding carboxylic acids is 1. The van der Waals surface area contributed by atoms with Crippen molar-refractivity contribution in [3.8, 4) is 0 Å². The monoisotopic (exact) mass is 433 g/mol. The van der Waals surface area contributed by atoms with Crippen LogP contribution in [0.3, 0.4) is 0 Å². The van der Waals surface area contributed by atoms with Crippen molar-refractivity contribution < 1.29 is 31.9 Å². The lowest BCUT2D eigenvalue weighted by Crippen LogP contribution is -2.56. The Labute approximate surface area is 168 Å². The molecule has 4 heterocycles. The number of aliphatic hydroxyl groups is 1. The summed E-state index contributed by atoms with van der Waals surface area (Å²) in [5, 5.41) is 16.0. The SMILES string of the molecule is O=C([C@@H]1CCCC2=NN(Cc3ccnc(C(F)(F)F)c3F)C(O)N21)N1CC[C@@H](F)C1. The molecule has 30 heavy (non-hydrogen) atoms. The largest absolute Gasteiger partial charge is 0.436 e. The van der Waals surface area contributed by atoms with E-state index in [-0.39, 0.29) is 24.4 Å². The highest BCUT2D eigenvalue weighted by Gasteiger charge is 2.45. The van der Waals surface area contributed by atoms with E-state index in [1.165, 1.54) is 9.80 Å². The zero-order valence-corrected chi connectivity index (χ0v) is 15.8. The summed E-state index contributed by atoms with van der Waals surface area (Å²) in [6.07, 6.45) is -4.87. The second-order valence-electron chi connectivity index (χ2n) is 7.58.